The van der Waals surface area contributed by atoms with E-state index in [1.165, 1.54) is 0 Å². The van der Waals surface area contributed by atoms with Crippen LogP contribution in [-0.4, -0.2) is 31.1 Å². The van der Waals surface area contributed by atoms with Crippen molar-refractivity contribution in [3.8, 4) is 0 Å². The Morgan fingerprint density at radius 1 is 1.56 bits per heavy atom. The van der Waals surface area contributed by atoms with E-state index in [1.54, 1.807) is 0 Å². The zero-order chi connectivity index (χ0) is 12.1. The van der Waals surface area contributed by atoms with Gasteiger partial charge in [-0.15, -0.1) is 0 Å². The summed E-state index contributed by atoms with van der Waals surface area (Å²) in [4.78, 5) is 23.0. The predicted octanol–water partition coefficient (Wildman–Crippen LogP) is 0.0391. The van der Waals surface area contributed by atoms with Gasteiger partial charge in [0.15, 0.2) is 0 Å². The van der Waals surface area contributed by atoms with Crippen LogP contribution in [0, 0.1) is 11.8 Å². The van der Waals surface area contributed by atoms with E-state index in [4.69, 9.17) is 10.5 Å². The summed E-state index contributed by atoms with van der Waals surface area (Å²) in [7, 11) is 0. The first-order chi connectivity index (χ1) is 7.56. The third kappa shape index (κ3) is 3.20. The normalized spacial score (nSPS) is 23.8. The molecule has 3 N–H and O–H groups in total. The molecule has 1 aliphatic heterocycles. The fraction of sp³-hybridized carbons (Fsp3) is 0.818. The molecule has 16 heavy (non-hydrogen) atoms. The number of nitrogens with two attached hydrogens (primary N) is 1. The van der Waals surface area contributed by atoms with Crippen LogP contribution in [0.1, 0.15) is 26.7 Å². The van der Waals surface area contributed by atoms with Crippen LogP contribution >= 0.6 is 0 Å². The summed E-state index contributed by atoms with van der Waals surface area (Å²) in [5.41, 5.74) is 5.28. The van der Waals surface area contributed by atoms with Crippen LogP contribution in [-0.2, 0) is 14.3 Å². The molecule has 0 aromatic rings. The number of nitrogens with one attached hydrogen (secondary N) is 1. The Hall–Kier alpha value is -1.10. The van der Waals surface area contributed by atoms with Gasteiger partial charge in [-0.2, -0.15) is 0 Å². The standard InChI is InChI=1S/C11H20N2O3/c1-3-7(2)9(10(12)14)13-11(15)8-4-5-16-6-8/h7-9H,3-6H2,1-2H3,(H2,12,14)(H,13,15)/t7-,8-,9-/m0/s1. The summed E-state index contributed by atoms with van der Waals surface area (Å²) in [6.45, 7) is 4.92. The maximum Gasteiger partial charge on any atom is 0.240 e. The molecule has 1 heterocycles. The molecule has 0 saturated carbocycles. The average molecular weight is 228 g/mol. The van der Waals surface area contributed by atoms with Gasteiger partial charge in [0.25, 0.3) is 0 Å². The SMILES string of the molecule is CC[C@H](C)[C@H](NC(=O)[C@H]1CCOC1)C(N)=O. The number of rotatable bonds is 5. The molecule has 0 radical (unpaired) electrons. The number of amides is 2. The molecule has 0 spiro atoms. The highest BCUT2D eigenvalue weighted by Crippen LogP contribution is 2.14. The molecule has 5 heteroatoms. The Morgan fingerprint density at radius 2 is 2.25 bits per heavy atom. The molecule has 1 fully saturated rings. The Kier molecular flexibility index (Phi) is 4.73. The molecule has 5 nitrogen and oxygen atoms in total. The van der Waals surface area contributed by atoms with E-state index in [9.17, 15) is 9.59 Å². The zero-order valence-corrected chi connectivity index (χ0v) is 9.86. The topological polar surface area (TPSA) is 81.4 Å². The zero-order valence-electron chi connectivity index (χ0n) is 9.86. The first-order valence-corrected chi connectivity index (χ1v) is 5.73. The van der Waals surface area contributed by atoms with Crippen molar-refractivity contribution in [1.82, 2.24) is 5.32 Å². The number of primary amides is 1. The second-order valence-electron chi connectivity index (χ2n) is 4.33. The summed E-state index contributed by atoms with van der Waals surface area (Å²) in [6, 6.07) is -0.571. The monoisotopic (exact) mass is 228 g/mol. The van der Waals surface area contributed by atoms with Gasteiger partial charge in [-0.3, -0.25) is 9.59 Å². The molecule has 2 amide bonds. The summed E-state index contributed by atoms with van der Waals surface area (Å²) in [5.74, 6) is -0.669. The molecular weight excluding hydrogens is 208 g/mol. The summed E-state index contributed by atoms with van der Waals surface area (Å²) < 4.78 is 5.13. The minimum absolute atomic E-state index is 0.0590. The number of hydrogen-bond acceptors (Lipinski definition) is 3. The van der Waals surface area contributed by atoms with E-state index in [0.717, 1.165) is 12.8 Å². The van der Waals surface area contributed by atoms with Gasteiger partial charge in [0.2, 0.25) is 11.8 Å². The Bertz CT molecular complexity index is 262. The smallest absolute Gasteiger partial charge is 0.240 e. The molecule has 0 aromatic carbocycles. The summed E-state index contributed by atoms with van der Waals surface area (Å²) in [5, 5.41) is 2.72. The highest BCUT2D eigenvalue weighted by Gasteiger charge is 2.29. The van der Waals surface area contributed by atoms with Gasteiger partial charge < -0.3 is 15.8 Å². The van der Waals surface area contributed by atoms with Gasteiger partial charge in [0, 0.05) is 6.61 Å². The van der Waals surface area contributed by atoms with E-state index in [1.807, 2.05) is 13.8 Å². The third-order valence-corrected chi connectivity index (χ3v) is 3.12. The lowest BCUT2D eigenvalue weighted by Crippen LogP contribution is -2.50. The van der Waals surface area contributed by atoms with Gasteiger partial charge in [-0.05, 0) is 12.3 Å². The maximum absolute atomic E-state index is 11.8. The largest absolute Gasteiger partial charge is 0.381 e. The second kappa shape index (κ2) is 5.84. The fourth-order valence-electron chi connectivity index (χ4n) is 1.74. The fourth-order valence-corrected chi connectivity index (χ4v) is 1.74. The quantitative estimate of drug-likeness (QED) is 0.697. The van der Waals surface area contributed by atoms with Crippen LogP contribution < -0.4 is 11.1 Å². The molecule has 0 aliphatic carbocycles. The molecule has 1 saturated heterocycles. The van der Waals surface area contributed by atoms with Gasteiger partial charge in [0.1, 0.15) is 6.04 Å². The van der Waals surface area contributed by atoms with Crippen molar-refractivity contribution >= 4 is 11.8 Å². The molecule has 0 bridgehead atoms. The van der Waals surface area contributed by atoms with Crippen LogP contribution in [0.25, 0.3) is 0 Å². The average Bonchev–Trinajstić information content (AvgIpc) is 2.77. The highest BCUT2D eigenvalue weighted by molar-refractivity contribution is 5.87. The maximum atomic E-state index is 11.8. The van der Waals surface area contributed by atoms with Crippen molar-refractivity contribution in [1.29, 1.82) is 0 Å². The minimum atomic E-state index is -0.571. The van der Waals surface area contributed by atoms with Crippen molar-refractivity contribution in [3.05, 3.63) is 0 Å². The first-order valence-electron chi connectivity index (χ1n) is 5.73. The molecule has 0 unspecified atom stereocenters. The Balaban J connectivity index is 2.53. The Morgan fingerprint density at radius 3 is 2.69 bits per heavy atom. The van der Waals surface area contributed by atoms with Crippen LogP contribution in [0.4, 0.5) is 0 Å². The van der Waals surface area contributed by atoms with Crippen molar-refractivity contribution < 1.29 is 14.3 Å². The third-order valence-electron chi connectivity index (χ3n) is 3.12. The number of ether oxygens (including phenoxy) is 1. The predicted molar refractivity (Wildman–Crippen MR) is 59.5 cm³/mol. The van der Waals surface area contributed by atoms with Crippen LogP contribution in [0.2, 0.25) is 0 Å². The minimum Gasteiger partial charge on any atom is -0.381 e. The van der Waals surface area contributed by atoms with Crippen LogP contribution in [0.3, 0.4) is 0 Å². The van der Waals surface area contributed by atoms with Gasteiger partial charge in [-0.25, -0.2) is 0 Å². The van der Waals surface area contributed by atoms with Crippen molar-refractivity contribution in [2.45, 2.75) is 32.7 Å². The van der Waals surface area contributed by atoms with Gasteiger partial charge in [0.05, 0.1) is 12.5 Å². The molecule has 3 atom stereocenters. The van der Waals surface area contributed by atoms with E-state index in [-0.39, 0.29) is 17.7 Å². The van der Waals surface area contributed by atoms with Crippen molar-refractivity contribution in [3.63, 3.8) is 0 Å². The number of carbonyl (C=O) groups is 2. The van der Waals surface area contributed by atoms with Gasteiger partial charge in [-0.1, -0.05) is 20.3 Å². The second-order valence-corrected chi connectivity index (χ2v) is 4.33. The van der Waals surface area contributed by atoms with E-state index >= 15 is 0 Å². The number of carbonyl (C=O) groups excluding carboxylic acids is 2. The van der Waals surface area contributed by atoms with E-state index < -0.39 is 11.9 Å². The summed E-state index contributed by atoms with van der Waals surface area (Å²) >= 11 is 0. The van der Waals surface area contributed by atoms with E-state index in [0.29, 0.717) is 13.2 Å². The van der Waals surface area contributed by atoms with Crippen molar-refractivity contribution in [2.75, 3.05) is 13.2 Å². The van der Waals surface area contributed by atoms with Crippen LogP contribution in [0.5, 0.6) is 0 Å². The Labute approximate surface area is 95.7 Å². The molecule has 1 aliphatic rings. The lowest BCUT2D eigenvalue weighted by atomic mass is 9.97. The summed E-state index contributed by atoms with van der Waals surface area (Å²) in [6.07, 6.45) is 1.52. The van der Waals surface area contributed by atoms with Crippen molar-refractivity contribution in [2.24, 2.45) is 17.6 Å². The highest BCUT2D eigenvalue weighted by atomic mass is 16.5. The molecular formula is C11H20N2O3. The first kappa shape index (κ1) is 13.0. The molecule has 0 aromatic heterocycles. The molecule has 1 rings (SSSR count). The molecule has 92 valence electrons. The lowest BCUT2D eigenvalue weighted by Gasteiger charge is -2.22. The lowest BCUT2D eigenvalue weighted by molar-refractivity contribution is -0.130. The van der Waals surface area contributed by atoms with Gasteiger partial charge >= 0.3 is 0 Å². The number of hydrogen-bond donors (Lipinski definition) is 2. The van der Waals surface area contributed by atoms with E-state index in [2.05, 4.69) is 5.32 Å². The van der Waals surface area contributed by atoms with Crippen LogP contribution in [0.15, 0.2) is 0 Å².